The van der Waals surface area contributed by atoms with Crippen molar-refractivity contribution in [1.82, 2.24) is 0 Å². The van der Waals surface area contributed by atoms with Crippen molar-refractivity contribution in [3.05, 3.63) is 6.92 Å². The average Bonchev–Trinajstić information content (AvgIpc) is 1.86. The lowest BCUT2D eigenvalue weighted by molar-refractivity contribution is -0.237. The van der Waals surface area contributed by atoms with Crippen LogP contribution in [-0.4, -0.2) is 18.0 Å². The Bertz CT molecular complexity index is 141. The first-order valence-corrected chi connectivity index (χ1v) is 3.44. The van der Waals surface area contributed by atoms with Gasteiger partial charge in [-0.05, 0) is 13.3 Å². The molecule has 0 rings (SSSR count). The van der Waals surface area contributed by atoms with Crippen molar-refractivity contribution in [3.63, 3.8) is 0 Å². The Morgan fingerprint density at radius 1 is 1.25 bits per heavy atom. The van der Waals surface area contributed by atoms with E-state index in [9.17, 15) is 22.0 Å². The van der Waals surface area contributed by atoms with Crippen molar-refractivity contribution in [1.29, 1.82) is 0 Å². The first kappa shape index (κ1) is 11.6. The highest BCUT2D eigenvalue weighted by molar-refractivity contribution is 4.89. The van der Waals surface area contributed by atoms with Crippen molar-refractivity contribution >= 4 is 0 Å². The van der Waals surface area contributed by atoms with Crippen molar-refractivity contribution < 1.29 is 22.0 Å². The molecular weight excluding hydrogens is 179 g/mol. The lowest BCUT2D eigenvalue weighted by atomic mass is 10.0. The molecular formula is C7H10F5. The van der Waals surface area contributed by atoms with Crippen LogP contribution < -0.4 is 0 Å². The molecule has 0 aromatic rings. The minimum absolute atomic E-state index is 0.352. The topological polar surface area (TPSA) is 0 Å². The molecule has 0 N–H and O–H groups in total. The van der Waals surface area contributed by atoms with Gasteiger partial charge in [0.2, 0.25) is 0 Å². The fourth-order valence-corrected chi connectivity index (χ4v) is 0.680. The van der Waals surface area contributed by atoms with E-state index in [-0.39, 0.29) is 6.42 Å². The zero-order chi connectivity index (χ0) is 9.99. The summed E-state index contributed by atoms with van der Waals surface area (Å²) in [6.45, 7) is 3.42. The fraction of sp³-hybridized carbons (Fsp3) is 0.857. The summed E-state index contributed by atoms with van der Waals surface area (Å²) >= 11 is 0. The monoisotopic (exact) mass is 189 g/mol. The number of hydrogen-bond donors (Lipinski definition) is 0. The van der Waals surface area contributed by atoms with Crippen molar-refractivity contribution in [2.24, 2.45) is 0 Å². The third kappa shape index (κ3) is 2.08. The second-order valence-electron chi connectivity index (χ2n) is 2.55. The average molecular weight is 189 g/mol. The van der Waals surface area contributed by atoms with E-state index < -0.39 is 24.4 Å². The Morgan fingerprint density at radius 2 is 1.67 bits per heavy atom. The van der Waals surface area contributed by atoms with Gasteiger partial charge in [-0.2, -0.15) is 17.6 Å². The van der Waals surface area contributed by atoms with Crippen LogP contribution in [0.4, 0.5) is 22.0 Å². The van der Waals surface area contributed by atoms with Crippen LogP contribution in [0.15, 0.2) is 0 Å². The van der Waals surface area contributed by atoms with E-state index in [0.717, 1.165) is 0 Å². The van der Waals surface area contributed by atoms with Gasteiger partial charge in [0, 0.05) is 6.42 Å². The molecule has 0 saturated carbocycles. The second-order valence-corrected chi connectivity index (χ2v) is 2.55. The summed E-state index contributed by atoms with van der Waals surface area (Å²) in [7, 11) is 0. The third-order valence-electron chi connectivity index (χ3n) is 1.48. The number of halogens is 5. The summed E-state index contributed by atoms with van der Waals surface area (Å²) in [4.78, 5) is 0. The SMILES string of the molecule is [CH2]CCC(F)(F)C(F)(F)[C@H](C)F. The van der Waals surface area contributed by atoms with Crippen molar-refractivity contribution in [3.8, 4) is 0 Å². The predicted octanol–water partition coefficient (Wildman–Crippen LogP) is 3.23. The standard InChI is InChI=1S/C7H10F5/c1-3-4-6(9,10)7(11,12)5(2)8/h5H,1,3-4H2,2H3/t5-/m0/s1. The summed E-state index contributed by atoms with van der Waals surface area (Å²) in [6, 6.07) is 0. The molecule has 12 heavy (non-hydrogen) atoms. The van der Waals surface area contributed by atoms with Crippen LogP contribution in [0.25, 0.3) is 0 Å². The minimum Gasteiger partial charge on any atom is -0.241 e. The molecule has 0 bridgehead atoms. The van der Waals surface area contributed by atoms with E-state index in [0.29, 0.717) is 6.92 Å². The summed E-state index contributed by atoms with van der Waals surface area (Å²) in [5.41, 5.74) is 0. The molecule has 0 spiro atoms. The van der Waals surface area contributed by atoms with Gasteiger partial charge in [0.1, 0.15) is 0 Å². The molecule has 0 aromatic carbocycles. The van der Waals surface area contributed by atoms with E-state index in [1.54, 1.807) is 0 Å². The van der Waals surface area contributed by atoms with Crippen LogP contribution >= 0.6 is 0 Å². The van der Waals surface area contributed by atoms with E-state index in [1.807, 2.05) is 0 Å². The number of hydrogen-bond acceptors (Lipinski definition) is 0. The zero-order valence-electron chi connectivity index (χ0n) is 6.59. The van der Waals surface area contributed by atoms with Gasteiger partial charge in [-0.1, -0.05) is 6.92 Å². The molecule has 0 saturated heterocycles. The molecule has 5 heteroatoms. The molecule has 0 amide bonds. The van der Waals surface area contributed by atoms with Gasteiger partial charge < -0.3 is 0 Å². The van der Waals surface area contributed by atoms with Crippen LogP contribution in [0, 0.1) is 6.92 Å². The first-order valence-electron chi connectivity index (χ1n) is 3.44. The van der Waals surface area contributed by atoms with Crippen LogP contribution in [0.2, 0.25) is 0 Å². The molecule has 0 aliphatic heterocycles. The lowest BCUT2D eigenvalue weighted by Crippen LogP contribution is -2.46. The van der Waals surface area contributed by atoms with Crippen molar-refractivity contribution in [2.75, 3.05) is 0 Å². The Kier molecular flexibility index (Phi) is 3.47. The maximum Gasteiger partial charge on any atom is 0.340 e. The van der Waals surface area contributed by atoms with Crippen molar-refractivity contribution in [2.45, 2.75) is 37.8 Å². The Hall–Kier alpha value is -0.350. The summed E-state index contributed by atoms with van der Waals surface area (Å²) in [5.74, 6) is -8.90. The summed E-state index contributed by atoms with van der Waals surface area (Å²) in [6.07, 6.45) is -4.30. The van der Waals surface area contributed by atoms with Crippen LogP contribution in [0.1, 0.15) is 19.8 Å². The molecule has 0 aromatic heterocycles. The molecule has 0 aliphatic rings. The maximum atomic E-state index is 12.4. The second kappa shape index (κ2) is 3.58. The molecule has 0 nitrogen and oxygen atoms in total. The lowest BCUT2D eigenvalue weighted by Gasteiger charge is -2.27. The van der Waals surface area contributed by atoms with Gasteiger partial charge in [-0.15, -0.1) is 0 Å². The normalized spacial score (nSPS) is 16.2. The Balaban J connectivity index is 4.50. The van der Waals surface area contributed by atoms with Gasteiger partial charge in [0.05, 0.1) is 0 Å². The van der Waals surface area contributed by atoms with E-state index in [4.69, 9.17) is 0 Å². The number of rotatable bonds is 4. The highest BCUT2D eigenvalue weighted by atomic mass is 19.3. The molecule has 73 valence electrons. The van der Waals surface area contributed by atoms with E-state index in [2.05, 4.69) is 6.92 Å². The van der Waals surface area contributed by atoms with Crippen LogP contribution in [0.5, 0.6) is 0 Å². The zero-order valence-corrected chi connectivity index (χ0v) is 6.59. The third-order valence-corrected chi connectivity index (χ3v) is 1.48. The molecule has 0 unspecified atom stereocenters. The van der Waals surface area contributed by atoms with Gasteiger partial charge in [0.25, 0.3) is 0 Å². The van der Waals surface area contributed by atoms with Gasteiger partial charge in [0.15, 0.2) is 6.17 Å². The quantitative estimate of drug-likeness (QED) is 0.595. The molecule has 1 atom stereocenters. The first-order chi connectivity index (χ1) is 5.25. The largest absolute Gasteiger partial charge is 0.340 e. The smallest absolute Gasteiger partial charge is 0.241 e. The molecule has 0 aliphatic carbocycles. The fourth-order valence-electron chi connectivity index (χ4n) is 0.680. The highest BCUT2D eigenvalue weighted by Gasteiger charge is 2.59. The highest BCUT2D eigenvalue weighted by Crippen LogP contribution is 2.41. The summed E-state index contributed by atoms with van der Waals surface area (Å²) < 4.78 is 61.6. The molecule has 1 radical (unpaired) electrons. The molecule has 0 fully saturated rings. The van der Waals surface area contributed by atoms with Crippen LogP contribution in [-0.2, 0) is 0 Å². The van der Waals surface area contributed by atoms with Gasteiger partial charge in [-0.25, -0.2) is 4.39 Å². The van der Waals surface area contributed by atoms with Crippen LogP contribution in [0.3, 0.4) is 0 Å². The van der Waals surface area contributed by atoms with E-state index >= 15 is 0 Å². The van der Waals surface area contributed by atoms with Gasteiger partial charge >= 0.3 is 11.8 Å². The minimum atomic E-state index is -4.59. The van der Waals surface area contributed by atoms with E-state index in [1.165, 1.54) is 0 Å². The van der Waals surface area contributed by atoms with Gasteiger partial charge in [-0.3, -0.25) is 0 Å². The Morgan fingerprint density at radius 3 is 1.92 bits per heavy atom. The summed E-state index contributed by atoms with van der Waals surface area (Å²) in [5, 5.41) is 0. The maximum absolute atomic E-state index is 12.4. The molecule has 0 heterocycles. The predicted molar refractivity (Wildman–Crippen MR) is 35.1 cm³/mol. The Labute approximate surface area is 67.8 Å². The number of alkyl halides is 5.